The molecule has 0 radical (unpaired) electrons. The highest BCUT2D eigenvalue weighted by Crippen LogP contribution is 2.26. The van der Waals surface area contributed by atoms with Gasteiger partial charge in [-0.15, -0.1) is 0 Å². The minimum atomic E-state index is -0.497. The summed E-state index contributed by atoms with van der Waals surface area (Å²) in [5, 5.41) is 0. The molecule has 3 heteroatoms. The molecule has 0 aliphatic rings. The van der Waals surface area contributed by atoms with E-state index in [4.69, 9.17) is 10.5 Å². The molecule has 0 spiro atoms. The molecule has 106 valence electrons. The Labute approximate surface area is 119 Å². The van der Waals surface area contributed by atoms with E-state index in [1.807, 2.05) is 31.2 Å². The molecule has 2 unspecified atom stereocenters. The van der Waals surface area contributed by atoms with Gasteiger partial charge in [0.05, 0.1) is 0 Å². The number of ether oxygens (including phenoxy) is 1. The van der Waals surface area contributed by atoms with Crippen molar-refractivity contribution in [3.05, 3.63) is 65.5 Å². The van der Waals surface area contributed by atoms with Gasteiger partial charge in [-0.25, -0.2) is 4.39 Å². The Bertz CT molecular complexity index is 551. The summed E-state index contributed by atoms with van der Waals surface area (Å²) in [5.74, 6) is 0.410. The molecular weight excluding hydrogens is 253 g/mol. The molecule has 0 heterocycles. The smallest absolute Gasteiger partial charge is 0.141 e. The summed E-state index contributed by atoms with van der Waals surface area (Å²) in [7, 11) is 0. The van der Waals surface area contributed by atoms with Crippen molar-refractivity contribution in [2.45, 2.75) is 32.4 Å². The van der Waals surface area contributed by atoms with Crippen molar-refractivity contribution in [1.82, 2.24) is 0 Å². The van der Waals surface area contributed by atoms with Gasteiger partial charge in [-0.2, -0.15) is 0 Å². The largest absolute Gasteiger partial charge is 0.484 e. The summed E-state index contributed by atoms with van der Waals surface area (Å²) in [5.41, 5.74) is 7.67. The maximum atomic E-state index is 13.9. The third kappa shape index (κ3) is 3.36. The third-order valence-electron chi connectivity index (χ3n) is 3.28. The lowest BCUT2D eigenvalue weighted by molar-refractivity contribution is 0.175. The molecule has 20 heavy (non-hydrogen) atoms. The van der Waals surface area contributed by atoms with Crippen LogP contribution < -0.4 is 10.5 Å². The van der Waals surface area contributed by atoms with Gasteiger partial charge in [-0.3, -0.25) is 0 Å². The fourth-order valence-corrected chi connectivity index (χ4v) is 2.11. The van der Waals surface area contributed by atoms with Crippen LogP contribution in [0.1, 0.15) is 31.1 Å². The predicted octanol–water partition coefficient (Wildman–Crippen LogP) is 3.86. The van der Waals surface area contributed by atoms with Crippen molar-refractivity contribution in [2.75, 3.05) is 0 Å². The van der Waals surface area contributed by atoms with Crippen LogP contribution in [0.15, 0.2) is 48.5 Å². The van der Waals surface area contributed by atoms with Gasteiger partial charge in [0.2, 0.25) is 0 Å². The van der Waals surface area contributed by atoms with E-state index in [1.54, 1.807) is 18.2 Å². The van der Waals surface area contributed by atoms with E-state index in [0.29, 0.717) is 11.3 Å². The quantitative estimate of drug-likeness (QED) is 0.898. The number of hydrogen-bond acceptors (Lipinski definition) is 2. The first-order valence-electron chi connectivity index (χ1n) is 6.87. The van der Waals surface area contributed by atoms with Gasteiger partial charge in [0, 0.05) is 11.6 Å². The Kier molecular flexibility index (Phi) is 4.74. The van der Waals surface area contributed by atoms with Gasteiger partial charge in [0.15, 0.2) is 0 Å². The van der Waals surface area contributed by atoms with Crippen molar-refractivity contribution in [1.29, 1.82) is 0 Å². The first kappa shape index (κ1) is 14.5. The summed E-state index contributed by atoms with van der Waals surface area (Å²) < 4.78 is 19.8. The third-order valence-corrected chi connectivity index (χ3v) is 3.28. The Morgan fingerprint density at radius 3 is 2.30 bits per heavy atom. The lowest BCUT2D eigenvalue weighted by atomic mass is 10.0. The molecule has 2 atom stereocenters. The van der Waals surface area contributed by atoms with Gasteiger partial charge >= 0.3 is 0 Å². The second-order valence-electron chi connectivity index (χ2n) is 4.92. The van der Waals surface area contributed by atoms with Gasteiger partial charge < -0.3 is 10.5 Å². The number of nitrogens with two attached hydrogens (primary N) is 1. The zero-order chi connectivity index (χ0) is 14.5. The molecule has 0 aliphatic heterocycles. The van der Waals surface area contributed by atoms with Crippen molar-refractivity contribution >= 4 is 0 Å². The minimum Gasteiger partial charge on any atom is -0.484 e. The van der Waals surface area contributed by atoms with Gasteiger partial charge in [-0.1, -0.05) is 37.3 Å². The van der Waals surface area contributed by atoms with E-state index >= 15 is 0 Å². The summed E-state index contributed by atoms with van der Waals surface area (Å²) >= 11 is 0. The monoisotopic (exact) mass is 273 g/mol. The summed E-state index contributed by atoms with van der Waals surface area (Å²) in [6, 6.07) is 14.1. The van der Waals surface area contributed by atoms with Crippen LogP contribution in [0.4, 0.5) is 4.39 Å². The summed E-state index contributed by atoms with van der Waals surface area (Å²) in [6.07, 6.45) is 0.480. The number of hydrogen-bond donors (Lipinski definition) is 1. The zero-order valence-electron chi connectivity index (χ0n) is 11.8. The number of benzene rings is 2. The molecule has 2 aromatic carbocycles. The maximum Gasteiger partial charge on any atom is 0.141 e. The van der Waals surface area contributed by atoms with E-state index in [1.165, 1.54) is 11.6 Å². The van der Waals surface area contributed by atoms with Crippen LogP contribution in [0.25, 0.3) is 0 Å². The van der Waals surface area contributed by atoms with Crippen molar-refractivity contribution < 1.29 is 9.13 Å². The minimum absolute atomic E-state index is 0.292. The molecule has 2 rings (SSSR count). The van der Waals surface area contributed by atoms with Crippen LogP contribution >= 0.6 is 0 Å². The summed E-state index contributed by atoms with van der Waals surface area (Å²) in [4.78, 5) is 0. The van der Waals surface area contributed by atoms with Crippen LogP contribution in [-0.2, 0) is 6.42 Å². The van der Waals surface area contributed by atoms with Crippen molar-refractivity contribution in [2.24, 2.45) is 5.73 Å². The molecule has 0 saturated carbocycles. The van der Waals surface area contributed by atoms with Gasteiger partial charge in [-0.05, 0) is 37.1 Å². The van der Waals surface area contributed by atoms with Gasteiger partial charge in [0.1, 0.15) is 17.7 Å². The Morgan fingerprint density at radius 1 is 1.10 bits per heavy atom. The van der Waals surface area contributed by atoms with E-state index in [9.17, 15) is 4.39 Å². The lowest BCUT2D eigenvalue weighted by Crippen LogP contribution is -2.29. The standard InChI is InChI=1S/C17H20FNO/c1-3-13-8-10-14(11-9-13)20-17(12(2)19)15-6-4-5-7-16(15)18/h4-12,17H,3,19H2,1-2H3. The van der Waals surface area contributed by atoms with Gasteiger partial charge in [0.25, 0.3) is 0 Å². The number of halogens is 1. The lowest BCUT2D eigenvalue weighted by Gasteiger charge is -2.23. The Balaban J connectivity index is 2.23. The molecule has 0 aromatic heterocycles. The highest BCUT2D eigenvalue weighted by molar-refractivity contribution is 5.29. The second-order valence-corrected chi connectivity index (χ2v) is 4.92. The molecule has 0 bridgehead atoms. The van der Waals surface area contributed by atoms with Crippen LogP contribution in [0, 0.1) is 5.82 Å². The SMILES string of the molecule is CCc1ccc(OC(c2ccccc2F)C(C)N)cc1. The van der Waals surface area contributed by atoms with Crippen LogP contribution in [0.5, 0.6) is 5.75 Å². The van der Waals surface area contributed by atoms with E-state index in [-0.39, 0.29) is 11.9 Å². The number of rotatable bonds is 5. The van der Waals surface area contributed by atoms with Crippen LogP contribution in [0.2, 0.25) is 0 Å². The first-order valence-corrected chi connectivity index (χ1v) is 6.87. The van der Waals surface area contributed by atoms with E-state index in [0.717, 1.165) is 6.42 Å². The summed E-state index contributed by atoms with van der Waals surface area (Å²) in [6.45, 7) is 3.91. The second kappa shape index (κ2) is 6.53. The van der Waals surface area contributed by atoms with E-state index in [2.05, 4.69) is 6.92 Å². The van der Waals surface area contributed by atoms with Crippen molar-refractivity contribution in [3.8, 4) is 5.75 Å². The molecular formula is C17H20FNO. The molecule has 2 aromatic rings. The maximum absolute atomic E-state index is 13.9. The van der Waals surface area contributed by atoms with Crippen LogP contribution in [-0.4, -0.2) is 6.04 Å². The zero-order valence-corrected chi connectivity index (χ0v) is 11.8. The molecule has 0 aliphatic carbocycles. The topological polar surface area (TPSA) is 35.2 Å². The fourth-order valence-electron chi connectivity index (χ4n) is 2.11. The van der Waals surface area contributed by atoms with Crippen molar-refractivity contribution in [3.63, 3.8) is 0 Å². The Hall–Kier alpha value is -1.87. The molecule has 2 nitrogen and oxygen atoms in total. The highest BCUT2D eigenvalue weighted by Gasteiger charge is 2.21. The van der Waals surface area contributed by atoms with Crippen LogP contribution in [0.3, 0.4) is 0 Å². The van der Waals surface area contributed by atoms with E-state index < -0.39 is 6.10 Å². The molecule has 0 amide bonds. The highest BCUT2D eigenvalue weighted by atomic mass is 19.1. The molecule has 2 N–H and O–H groups in total. The predicted molar refractivity (Wildman–Crippen MR) is 79.2 cm³/mol. The first-order chi connectivity index (χ1) is 9.61. The average molecular weight is 273 g/mol. The normalized spacial score (nSPS) is 13.8. The average Bonchev–Trinajstić information content (AvgIpc) is 2.46. The fraction of sp³-hybridized carbons (Fsp3) is 0.294. The Morgan fingerprint density at radius 2 is 1.75 bits per heavy atom. The molecule has 0 fully saturated rings. The molecule has 0 saturated heterocycles. The number of aryl methyl sites for hydroxylation is 1.